The van der Waals surface area contributed by atoms with Crippen LogP contribution in [0.1, 0.15) is 12.5 Å². The van der Waals surface area contributed by atoms with E-state index in [9.17, 15) is 9.59 Å². The number of benzene rings is 1. The van der Waals surface area contributed by atoms with Gasteiger partial charge in [-0.25, -0.2) is 9.59 Å². The number of aryl methyl sites for hydroxylation is 1. The topological polar surface area (TPSA) is 60.8 Å². The van der Waals surface area contributed by atoms with Gasteiger partial charge in [0.2, 0.25) is 0 Å². The third kappa shape index (κ3) is 3.71. The van der Waals surface area contributed by atoms with E-state index >= 15 is 0 Å². The lowest BCUT2D eigenvalue weighted by Gasteiger charge is -2.14. The van der Waals surface area contributed by atoms with Crippen LogP contribution in [-0.2, 0) is 16.6 Å². The highest BCUT2D eigenvalue weighted by Crippen LogP contribution is 2.26. The fraction of sp³-hybridized carbons (Fsp3) is 0.294. The zero-order chi connectivity index (χ0) is 17.0. The minimum Gasteiger partial charge on any atom is -0.466 e. The fourth-order valence-corrected chi connectivity index (χ4v) is 2.13. The highest BCUT2D eigenvalue weighted by Gasteiger charge is 2.11. The van der Waals surface area contributed by atoms with Crippen molar-refractivity contribution in [2.45, 2.75) is 6.92 Å². The van der Waals surface area contributed by atoms with Crippen LogP contribution in [-0.4, -0.2) is 42.2 Å². The first kappa shape index (κ1) is 16.6. The molecule has 122 valence electrons. The molecule has 1 aromatic heterocycles. The molecule has 0 spiro atoms. The summed E-state index contributed by atoms with van der Waals surface area (Å²) in [5.41, 5.74) is 1.79. The molecule has 6 nitrogen and oxygen atoms in total. The van der Waals surface area contributed by atoms with Crippen LogP contribution in [0.3, 0.4) is 0 Å². The van der Waals surface area contributed by atoms with Gasteiger partial charge in [0.1, 0.15) is 5.75 Å². The first-order chi connectivity index (χ1) is 11.0. The smallest absolute Gasteiger partial charge is 0.414 e. The maximum Gasteiger partial charge on any atom is 0.414 e. The Morgan fingerprint density at radius 1 is 1.35 bits per heavy atom. The summed E-state index contributed by atoms with van der Waals surface area (Å²) in [4.78, 5) is 24.5. The number of ether oxygens (including phenoxy) is 2. The number of hydrogen-bond donors (Lipinski definition) is 0. The number of hydrogen-bond acceptors (Lipinski definition) is 4. The molecule has 0 unspecified atom stereocenters. The molecule has 0 bridgehead atoms. The van der Waals surface area contributed by atoms with Crippen molar-refractivity contribution in [1.29, 1.82) is 0 Å². The molecule has 23 heavy (non-hydrogen) atoms. The zero-order valence-electron chi connectivity index (χ0n) is 13.7. The van der Waals surface area contributed by atoms with E-state index in [0.717, 1.165) is 16.5 Å². The Morgan fingerprint density at radius 3 is 2.74 bits per heavy atom. The molecule has 0 saturated carbocycles. The number of nitrogens with zero attached hydrogens (tertiary/aromatic N) is 2. The van der Waals surface area contributed by atoms with Gasteiger partial charge >= 0.3 is 12.1 Å². The van der Waals surface area contributed by atoms with Crippen molar-refractivity contribution in [2.24, 2.45) is 7.05 Å². The maximum absolute atomic E-state index is 11.8. The van der Waals surface area contributed by atoms with Crippen LogP contribution in [0.25, 0.3) is 17.0 Å². The molecule has 1 heterocycles. The number of carbonyl (C=O) groups is 2. The van der Waals surface area contributed by atoms with Crippen LogP contribution in [0, 0.1) is 0 Å². The van der Waals surface area contributed by atoms with Crippen molar-refractivity contribution in [2.75, 3.05) is 20.7 Å². The van der Waals surface area contributed by atoms with E-state index in [1.54, 1.807) is 25.3 Å². The molecular formula is C17H20N2O4. The van der Waals surface area contributed by atoms with Crippen molar-refractivity contribution in [3.63, 3.8) is 0 Å². The van der Waals surface area contributed by atoms with E-state index in [4.69, 9.17) is 4.74 Å². The molecule has 6 heteroatoms. The Morgan fingerprint density at radius 2 is 2.09 bits per heavy atom. The minimum atomic E-state index is -0.407. The summed E-state index contributed by atoms with van der Waals surface area (Å²) >= 11 is 0. The van der Waals surface area contributed by atoms with Gasteiger partial charge in [-0.1, -0.05) is 0 Å². The predicted molar refractivity (Wildman–Crippen MR) is 88.3 cm³/mol. The fourth-order valence-electron chi connectivity index (χ4n) is 2.13. The highest BCUT2D eigenvalue weighted by molar-refractivity contribution is 5.95. The summed E-state index contributed by atoms with van der Waals surface area (Å²) in [5.74, 6) is 0.0719. The zero-order valence-corrected chi connectivity index (χ0v) is 13.7. The number of esters is 1. The molecule has 0 atom stereocenters. The van der Waals surface area contributed by atoms with Crippen LogP contribution in [0.2, 0.25) is 0 Å². The largest absolute Gasteiger partial charge is 0.466 e. The Hall–Kier alpha value is -2.76. The number of rotatable bonds is 4. The molecule has 0 radical (unpaired) electrons. The number of amides is 1. The average Bonchev–Trinajstić information content (AvgIpc) is 2.87. The molecule has 0 saturated heterocycles. The molecule has 0 fully saturated rings. The molecule has 0 aliphatic carbocycles. The van der Waals surface area contributed by atoms with Gasteiger partial charge in [0.15, 0.2) is 0 Å². The van der Waals surface area contributed by atoms with Gasteiger partial charge in [-0.05, 0) is 25.1 Å². The second kappa shape index (κ2) is 7.00. The van der Waals surface area contributed by atoms with Gasteiger partial charge in [0.25, 0.3) is 0 Å². The van der Waals surface area contributed by atoms with Crippen LogP contribution in [0.4, 0.5) is 4.79 Å². The van der Waals surface area contributed by atoms with E-state index < -0.39 is 12.1 Å². The summed E-state index contributed by atoms with van der Waals surface area (Å²) < 4.78 is 11.8. The summed E-state index contributed by atoms with van der Waals surface area (Å²) in [6.07, 6.45) is 4.57. The summed E-state index contributed by atoms with van der Waals surface area (Å²) in [6.45, 7) is 2.45. The molecule has 2 rings (SSSR count). The van der Waals surface area contributed by atoms with Crippen molar-refractivity contribution < 1.29 is 19.1 Å². The normalized spacial score (nSPS) is 11.0. The van der Waals surface area contributed by atoms with E-state index in [1.165, 1.54) is 18.1 Å². The minimum absolute atomic E-state index is 0.396. The number of methoxy groups -OCH3 is 1. The van der Waals surface area contributed by atoms with E-state index in [-0.39, 0.29) is 0 Å². The summed E-state index contributed by atoms with van der Waals surface area (Å²) in [5, 5.41) is 0.955. The number of fused-ring (bicyclic) bond motifs is 1. The maximum atomic E-state index is 11.8. The van der Waals surface area contributed by atoms with Crippen molar-refractivity contribution >= 4 is 29.0 Å². The lowest BCUT2D eigenvalue weighted by Crippen LogP contribution is -2.29. The van der Waals surface area contributed by atoms with Gasteiger partial charge in [-0.15, -0.1) is 0 Å². The Kier molecular flexibility index (Phi) is 5.05. The van der Waals surface area contributed by atoms with Crippen molar-refractivity contribution in [3.8, 4) is 5.75 Å². The van der Waals surface area contributed by atoms with E-state index in [1.807, 2.05) is 30.8 Å². The van der Waals surface area contributed by atoms with Crippen molar-refractivity contribution in [3.05, 3.63) is 36.0 Å². The third-order valence-corrected chi connectivity index (χ3v) is 3.58. The Balaban J connectivity index is 2.31. The van der Waals surface area contributed by atoms with Gasteiger partial charge in [0, 0.05) is 49.9 Å². The van der Waals surface area contributed by atoms with Crippen LogP contribution >= 0.6 is 0 Å². The predicted octanol–water partition coefficient (Wildman–Crippen LogP) is 2.82. The Labute approximate surface area is 134 Å². The molecular weight excluding hydrogens is 296 g/mol. The van der Waals surface area contributed by atoms with Crippen LogP contribution in [0.15, 0.2) is 30.5 Å². The third-order valence-electron chi connectivity index (χ3n) is 3.58. The monoisotopic (exact) mass is 316 g/mol. The molecule has 0 aliphatic rings. The molecule has 2 aromatic rings. The summed E-state index contributed by atoms with van der Waals surface area (Å²) in [6, 6.07) is 5.40. The van der Waals surface area contributed by atoms with E-state index in [2.05, 4.69) is 4.74 Å². The lowest BCUT2D eigenvalue weighted by molar-refractivity contribution is -0.134. The second-order valence-electron chi connectivity index (χ2n) is 5.11. The molecule has 0 aliphatic heterocycles. The quantitative estimate of drug-likeness (QED) is 0.643. The highest BCUT2D eigenvalue weighted by atomic mass is 16.6. The van der Waals surface area contributed by atoms with Crippen LogP contribution in [0.5, 0.6) is 5.75 Å². The Bertz CT molecular complexity index is 761. The average molecular weight is 316 g/mol. The van der Waals surface area contributed by atoms with Crippen molar-refractivity contribution in [1.82, 2.24) is 9.47 Å². The number of aromatic nitrogens is 1. The van der Waals surface area contributed by atoms with Crippen LogP contribution < -0.4 is 4.74 Å². The van der Waals surface area contributed by atoms with Gasteiger partial charge < -0.3 is 18.9 Å². The molecule has 0 N–H and O–H groups in total. The van der Waals surface area contributed by atoms with E-state index in [0.29, 0.717) is 12.3 Å². The first-order valence-electron chi connectivity index (χ1n) is 7.24. The first-order valence-corrected chi connectivity index (χ1v) is 7.24. The molecule has 1 amide bonds. The SMILES string of the molecule is CCN(C)C(=O)Oc1ccc2c(/C=C/C(=O)OC)cn(C)c2c1. The van der Waals surface area contributed by atoms with Gasteiger partial charge in [0.05, 0.1) is 12.6 Å². The second-order valence-corrected chi connectivity index (χ2v) is 5.11. The van der Waals surface area contributed by atoms with Gasteiger partial charge in [-0.3, -0.25) is 0 Å². The standard InChI is InChI=1S/C17H20N2O4/c1-5-18(2)17(21)23-13-7-8-14-12(6-9-16(20)22-4)11-19(3)15(14)10-13/h6-11H,5H2,1-4H3/b9-6+. The van der Waals surface area contributed by atoms with Gasteiger partial charge in [-0.2, -0.15) is 0 Å². The summed E-state index contributed by atoms with van der Waals surface area (Å²) in [7, 11) is 4.91. The number of carbonyl (C=O) groups excluding carboxylic acids is 2. The lowest BCUT2D eigenvalue weighted by atomic mass is 10.1. The molecule has 1 aromatic carbocycles.